The largest absolute Gasteiger partial charge is 0.370 e. The van der Waals surface area contributed by atoms with Crippen LogP contribution in [0, 0.1) is 0 Å². The van der Waals surface area contributed by atoms with Crippen molar-refractivity contribution in [1.82, 2.24) is 20.1 Å². The molecule has 1 aromatic heterocycles. The Morgan fingerprint density at radius 1 is 1.38 bits per heavy atom. The molecule has 0 bridgehead atoms. The third kappa shape index (κ3) is 3.03. The van der Waals surface area contributed by atoms with Crippen molar-refractivity contribution in [2.24, 2.45) is 0 Å². The minimum atomic E-state index is -0.858. The van der Waals surface area contributed by atoms with Crippen LogP contribution >= 0.6 is 11.6 Å². The molecule has 1 aliphatic heterocycles. The highest BCUT2D eigenvalue weighted by atomic mass is 35.5. The molecule has 1 aliphatic rings. The Morgan fingerprint density at radius 2 is 2.08 bits per heavy atom. The van der Waals surface area contributed by atoms with Gasteiger partial charge in [0.25, 0.3) is 0 Å². The summed E-state index contributed by atoms with van der Waals surface area (Å²) in [7, 11) is 0. The summed E-state index contributed by atoms with van der Waals surface area (Å²) in [5, 5.41) is 12.1. The second-order valence-corrected chi connectivity index (χ2v) is 6.98. The van der Waals surface area contributed by atoms with Gasteiger partial charge >= 0.3 is 0 Å². The van der Waals surface area contributed by atoms with E-state index >= 15 is 0 Å². The summed E-state index contributed by atoms with van der Waals surface area (Å²) in [6, 6.07) is 7.41. The lowest BCUT2D eigenvalue weighted by Gasteiger charge is -2.35. The molecule has 24 heavy (non-hydrogen) atoms. The Balaban J connectivity index is 1.82. The molecule has 0 spiro atoms. The van der Waals surface area contributed by atoms with E-state index in [-0.39, 0.29) is 11.8 Å². The molecule has 0 radical (unpaired) electrons. The van der Waals surface area contributed by atoms with Crippen LogP contribution in [0.25, 0.3) is 0 Å². The van der Waals surface area contributed by atoms with Gasteiger partial charge in [-0.15, -0.1) is 10.2 Å². The Bertz CT molecular complexity index is 742. The molecule has 128 valence electrons. The van der Waals surface area contributed by atoms with Gasteiger partial charge in [0.05, 0.1) is 6.61 Å². The number of carbonyl (C=O) groups excluding carboxylic acids is 1. The third-order valence-electron chi connectivity index (χ3n) is 4.23. The van der Waals surface area contributed by atoms with Crippen molar-refractivity contribution in [3.63, 3.8) is 0 Å². The summed E-state index contributed by atoms with van der Waals surface area (Å²) < 4.78 is 7.52. The maximum absolute atomic E-state index is 12.9. The van der Waals surface area contributed by atoms with Gasteiger partial charge in [0.1, 0.15) is 18.0 Å². The Hall–Kier alpha value is -1.92. The number of nitrogens with zero attached hydrogens (tertiary/aromatic N) is 3. The minimum Gasteiger partial charge on any atom is -0.370 e. The van der Waals surface area contributed by atoms with Gasteiger partial charge < -0.3 is 10.1 Å². The summed E-state index contributed by atoms with van der Waals surface area (Å²) in [6.07, 6.45) is 0. The summed E-state index contributed by atoms with van der Waals surface area (Å²) >= 11 is 5.89. The molecule has 1 N–H and O–H groups in total. The van der Waals surface area contributed by atoms with E-state index in [1.165, 1.54) is 0 Å². The minimum absolute atomic E-state index is 0.111. The van der Waals surface area contributed by atoms with Crippen LogP contribution in [0.2, 0.25) is 5.02 Å². The molecule has 1 aromatic carbocycles. The molecular formula is C17H21ClN4O2. The molecule has 2 heterocycles. The van der Waals surface area contributed by atoms with E-state index in [1.807, 2.05) is 49.6 Å². The van der Waals surface area contributed by atoms with Crippen molar-refractivity contribution in [3.05, 3.63) is 46.5 Å². The van der Waals surface area contributed by atoms with Gasteiger partial charge in [-0.1, -0.05) is 37.6 Å². The molecule has 0 saturated carbocycles. The van der Waals surface area contributed by atoms with Crippen LogP contribution in [0.3, 0.4) is 0 Å². The van der Waals surface area contributed by atoms with Crippen LogP contribution in [-0.4, -0.2) is 27.3 Å². The van der Waals surface area contributed by atoms with E-state index in [2.05, 4.69) is 15.5 Å². The summed E-state index contributed by atoms with van der Waals surface area (Å²) in [5.41, 5.74) is 0.129. The van der Waals surface area contributed by atoms with Gasteiger partial charge in [-0.3, -0.25) is 9.36 Å². The Labute approximate surface area is 146 Å². The van der Waals surface area contributed by atoms with Crippen LogP contribution in [0.5, 0.6) is 0 Å². The van der Waals surface area contributed by atoms with Crippen molar-refractivity contribution in [2.75, 3.05) is 6.61 Å². The Kier molecular flexibility index (Phi) is 4.60. The normalized spacial score (nSPS) is 20.0. The van der Waals surface area contributed by atoms with Crippen LogP contribution in [0.4, 0.5) is 0 Å². The lowest BCUT2D eigenvalue weighted by Crippen LogP contribution is -2.53. The lowest BCUT2D eigenvalue weighted by molar-refractivity contribution is -0.135. The molecular weight excluding hydrogens is 328 g/mol. The Morgan fingerprint density at radius 3 is 2.75 bits per heavy atom. The number of nitrogens with one attached hydrogen (secondary N) is 1. The molecule has 6 nitrogen and oxygen atoms in total. The van der Waals surface area contributed by atoms with Gasteiger partial charge in [-0.2, -0.15) is 0 Å². The number of fused-ring (bicyclic) bond motifs is 1. The van der Waals surface area contributed by atoms with Crippen LogP contribution in [0.15, 0.2) is 24.3 Å². The number of benzene rings is 1. The van der Waals surface area contributed by atoms with E-state index in [9.17, 15) is 4.79 Å². The van der Waals surface area contributed by atoms with Crippen LogP contribution in [-0.2, 0) is 28.2 Å². The molecule has 1 atom stereocenters. The SMILES string of the molecule is CC(C)c1nnc2n1C(C)(C(=O)NCc1ccc(Cl)cc1)COC2. The van der Waals surface area contributed by atoms with Crippen LogP contribution < -0.4 is 5.32 Å². The predicted molar refractivity (Wildman–Crippen MR) is 90.7 cm³/mol. The quantitative estimate of drug-likeness (QED) is 0.922. The number of rotatable bonds is 4. The maximum atomic E-state index is 12.9. The van der Waals surface area contributed by atoms with E-state index in [4.69, 9.17) is 16.3 Å². The molecule has 3 rings (SSSR count). The van der Waals surface area contributed by atoms with Gasteiger partial charge in [0.2, 0.25) is 5.91 Å². The standard InChI is InChI=1S/C17H21ClN4O2/c1-11(2)15-21-20-14-9-24-10-17(3,22(14)15)16(23)19-8-12-4-6-13(18)7-5-12/h4-7,11H,8-10H2,1-3H3,(H,19,23). The van der Waals surface area contributed by atoms with E-state index in [1.54, 1.807) is 0 Å². The maximum Gasteiger partial charge on any atom is 0.248 e. The fraction of sp³-hybridized carbons (Fsp3) is 0.471. The summed E-state index contributed by atoms with van der Waals surface area (Å²) in [4.78, 5) is 12.9. The van der Waals surface area contributed by atoms with Gasteiger partial charge in [0.15, 0.2) is 5.82 Å². The van der Waals surface area contributed by atoms with Crippen molar-refractivity contribution in [3.8, 4) is 0 Å². The van der Waals surface area contributed by atoms with Crippen molar-refractivity contribution in [1.29, 1.82) is 0 Å². The monoisotopic (exact) mass is 348 g/mol. The van der Waals surface area contributed by atoms with Crippen molar-refractivity contribution >= 4 is 17.5 Å². The molecule has 0 fully saturated rings. The molecule has 0 saturated heterocycles. The molecule has 1 amide bonds. The highest BCUT2D eigenvalue weighted by Gasteiger charge is 2.42. The van der Waals surface area contributed by atoms with Crippen LogP contribution in [0.1, 0.15) is 43.9 Å². The smallest absolute Gasteiger partial charge is 0.248 e. The second-order valence-electron chi connectivity index (χ2n) is 6.54. The number of aromatic nitrogens is 3. The highest BCUT2D eigenvalue weighted by Crippen LogP contribution is 2.29. The number of amides is 1. The number of hydrogen-bond donors (Lipinski definition) is 1. The second kappa shape index (κ2) is 6.53. The van der Waals surface area contributed by atoms with Gasteiger partial charge in [-0.25, -0.2) is 0 Å². The number of hydrogen-bond acceptors (Lipinski definition) is 4. The first-order valence-electron chi connectivity index (χ1n) is 7.97. The van der Waals surface area contributed by atoms with Crippen molar-refractivity contribution in [2.45, 2.75) is 45.4 Å². The first-order valence-corrected chi connectivity index (χ1v) is 8.35. The topological polar surface area (TPSA) is 69.0 Å². The summed E-state index contributed by atoms with van der Waals surface area (Å²) in [6.45, 7) is 7.05. The van der Waals surface area contributed by atoms with E-state index in [0.717, 1.165) is 11.4 Å². The first kappa shape index (κ1) is 16.9. The number of carbonyl (C=O) groups is 1. The fourth-order valence-electron chi connectivity index (χ4n) is 2.88. The van der Waals surface area contributed by atoms with Gasteiger partial charge in [0, 0.05) is 17.5 Å². The molecule has 0 aliphatic carbocycles. The fourth-order valence-corrected chi connectivity index (χ4v) is 3.01. The highest BCUT2D eigenvalue weighted by molar-refractivity contribution is 6.30. The lowest BCUT2D eigenvalue weighted by atomic mass is 9.98. The zero-order valence-electron chi connectivity index (χ0n) is 14.0. The summed E-state index contributed by atoms with van der Waals surface area (Å²) in [5.74, 6) is 1.55. The van der Waals surface area contributed by atoms with E-state index < -0.39 is 5.54 Å². The first-order chi connectivity index (χ1) is 11.4. The molecule has 7 heteroatoms. The predicted octanol–water partition coefficient (Wildman–Crippen LogP) is 2.62. The third-order valence-corrected chi connectivity index (χ3v) is 4.49. The average molecular weight is 349 g/mol. The zero-order valence-corrected chi connectivity index (χ0v) is 14.8. The zero-order chi connectivity index (χ0) is 17.3. The molecule has 1 unspecified atom stereocenters. The number of halogens is 1. The van der Waals surface area contributed by atoms with E-state index in [0.29, 0.717) is 30.6 Å². The van der Waals surface area contributed by atoms with Crippen molar-refractivity contribution < 1.29 is 9.53 Å². The number of ether oxygens (including phenoxy) is 1. The molecule has 2 aromatic rings. The average Bonchev–Trinajstić information content (AvgIpc) is 3.00. The van der Waals surface area contributed by atoms with Gasteiger partial charge in [-0.05, 0) is 24.6 Å².